The van der Waals surface area contributed by atoms with Crippen molar-refractivity contribution in [1.82, 2.24) is 10.3 Å². The highest BCUT2D eigenvalue weighted by Crippen LogP contribution is 2.46. The summed E-state index contributed by atoms with van der Waals surface area (Å²) >= 11 is 0. The number of rotatable bonds is 9. The van der Waals surface area contributed by atoms with Crippen molar-refractivity contribution in [2.45, 2.75) is 20.3 Å². The van der Waals surface area contributed by atoms with E-state index in [1.807, 2.05) is 12.3 Å². The van der Waals surface area contributed by atoms with Crippen LogP contribution in [0.25, 0.3) is 10.9 Å². The predicted molar refractivity (Wildman–Crippen MR) is 87.4 cm³/mol. The number of hydrogen-bond donors (Lipinski definition) is 3. The van der Waals surface area contributed by atoms with Crippen LogP contribution in [0.2, 0.25) is 0 Å². The van der Waals surface area contributed by atoms with Crippen molar-refractivity contribution in [1.29, 1.82) is 0 Å². The first-order chi connectivity index (χ1) is 10.6. The molecule has 0 fully saturated rings. The van der Waals surface area contributed by atoms with Crippen LogP contribution in [0.3, 0.4) is 0 Å². The van der Waals surface area contributed by atoms with E-state index in [4.69, 9.17) is 9.05 Å². The number of H-pyrrole nitrogens is 1. The van der Waals surface area contributed by atoms with Gasteiger partial charge in [-0.05, 0) is 50.6 Å². The molecule has 2 aromatic rings. The minimum atomic E-state index is -3.04. The van der Waals surface area contributed by atoms with Gasteiger partial charge in [-0.3, -0.25) is 4.57 Å². The summed E-state index contributed by atoms with van der Waals surface area (Å²) in [6.07, 6.45) is 2.88. The SMILES string of the molecule is CCOP(=O)(CNCCc1c[nH]c2ccc(O)cc12)OCC. The van der Waals surface area contributed by atoms with Crippen molar-refractivity contribution < 1.29 is 18.7 Å². The Bertz CT molecular complexity index is 646. The summed E-state index contributed by atoms with van der Waals surface area (Å²) in [5.41, 5.74) is 2.09. The lowest BCUT2D eigenvalue weighted by Crippen LogP contribution is -2.20. The van der Waals surface area contributed by atoms with Gasteiger partial charge < -0.3 is 24.5 Å². The van der Waals surface area contributed by atoms with E-state index in [1.165, 1.54) is 0 Å². The largest absolute Gasteiger partial charge is 0.508 e. The first-order valence-electron chi connectivity index (χ1n) is 7.46. The van der Waals surface area contributed by atoms with Crippen molar-refractivity contribution in [3.8, 4) is 5.75 Å². The van der Waals surface area contributed by atoms with Gasteiger partial charge in [0, 0.05) is 17.1 Å². The maximum Gasteiger partial charge on any atom is 0.344 e. The zero-order valence-corrected chi connectivity index (χ0v) is 13.9. The van der Waals surface area contributed by atoms with E-state index in [0.29, 0.717) is 19.8 Å². The van der Waals surface area contributed by atoms with E-state index in [0.717, 1.165) is 22.9 Å². The van der Waals surface area contributed by atoms with E-state index in [2.05, 4.69) is 10.3 Å². The lowest BCUT2D eigenvalue weighted by Gasteiger charge is -2.17. The molecular weight excluding hydrogens is 303 g/mol. The van der Waals surface area contributed by atoms with Crippen LogP contribution in [0.15, 0.2) is 24.4 Å². The van der Waals surface area contributed by atoms with Gasteiger partial charge in [0.25, 0.3) is 0 Å². The molecule has 0 aliphatic rings. The second-order valence-corrected chi connectivity index (χ2v) is 6.95. The first kappa shape index (κ1) is 17.0. The zero-order valence-electron chi connectivity index (χ0n) is 13.0. The maximum absolute atomic E-state index is 12.3. The van der Waals surface area contributed by atoms with Gasteiger partial charge in [0.15, 0.2) is 0 Å². The zero-order chi connectivity index (χ0) is 16.0. The summed E-state index contributed by atoms with van der Waals surface area (Å²) in [4.78, 5) is 3.17. The Hall–Kier alpha value is -1.33. The molecule has 122 valence electrons. The molecule has 0 bridgehead atoms. The molecule has 0 unspecified atom stereocenters. The monoisotopic (exact) mass is 326 g/mol. The lowest BCUT2D eigenvalue weighted by molar-refractivity contribution is 0.218. The predicted octanol–water partition coefficient (Wildman–Crippen LogP) is 3.23. The molecule has 1 aromatic carbocycles. The normalized spacial score (nSPS) is 12.1. The van der Waals surface area contributed by atoms with Gasteiger partial charge in [-0.15, -0.1) is 0 Å². The summed E-state index contributed by atoms with van der Waals surface area (Å²) in [7, 11) is -3.04. The van der Waals surface area contributed by atoms with Crippen molar-refractivity contribution in [3.63, 3.8) is 0 Å². The number of phenolic OH excluding ortho intramolecular Hbond substituents is 1. The van der Waals surface area contributed by atoms with Crippen LogP contribution in [-0.4, -0.2) is 36.1 Å². The average Bonchev–Trinajstić information content (AvgIpc) is 2.86. The molecule has 0 amide bonds. The van der Waals surface area contributed by atoms with E-state index in [-0.39, 0.29) is 12.0 Å². The van der Waals surface area contributed by atoms with Crippen molar-refractivity contribution in [2.24, 2.45) is 0 Å². The van der Waals surface area contributed by atoms with Crippen molar-refractivity contribution in [2.75, 3.05) is 26.0 Å². The van der Waals surface area contributed by atoms with Gasteiger partial charge in [0.1, 0.15) is 5.75 Å². The quantitative estimate of drug-likeness (QED) is 0.487. The Balaban J connectivity index is 1.90. The number of aromatic amines is 1. The van der Waals surface area contributed by atoms with Crippen LogP contribution in [0.4, 0.5) is 0 Å². The van der Waals surface area contributed by atoms with E-state index >= 15 is 0 Å². The van der Waals surface area contributed by atoms with Crippen molar-refractivity contribution in [3.05, 3.63) is 30.0 Å². The highest BCUT2D eigenvalue weighted by molar-refractivity contribution is 7.53. The molecule has 7 heteroatoms. The number of benzene rings is 1. The minimum Gasteiger partial charge on any atom is -0.508 e. The Morgan fingerprint density at radius 1 is 1.27 bits per heavy atom. The van der Waals surface area contributed by atoms with Crippen LogP contribution < -0.4 is 5.32 Å². The highest BCUT2D eigenvalue weighted by Gasteiger charge is 2.22. The van der Waals surface area contributed by atoms with Crippen molar-refractivity contribution >= 4 is 18.5 Å². The fraction of sp³-hybridized carbons (Fsp3) is 0.467. The molecular formula is C15H23N2O4P. The molecule has 22 heavy (non-hydrogen) atoms. The fourth-order valence-corrected chi connectivity index (χ4v) is 3.81. The smallest absolute Gasteiger partial charge is 0.344 e. The summed E-state index contributed by atoms with van der Waals surface area (Å²) < 4.78 is 22.7. The number of aromatic hydroxyl groups is 1. The third-order valence-electron chi connectivity index (χ3n) is 3.28. The average molecular weight is 326 g/mol. The van der Waals surface area contributed by atoms with Gasteiger partial charge in [0.05, 0.1) is 19.5 Å². The van der Waals surface area contributed by atoms with Crippen LogP contribution in [0, 0.1) is 0 Å². The molecule has 2 rings (SSSR count). The molecule has 0 radical (unpaired) electrons. The number of nitrogens with one attached hydrogen (secondary N) is 2. The number of fused-ring (bicyclic) bond motifs is 1. The fourth-order valence-electron chi connectivity index (χ4n) is 2.33. The molecule has 3 N–H and O–H groups in total. The molecule has 0 atom stereocenters. The Kier molecular flexibility index (Phi) is 6.03. The standard InChI is InChI=1S/C15H23N2O4P/c1-3-20-22(19,21-4-2)11-16-8-7-12-10-17-15-6-5-13(18)9-14(12)15/h5-6,9-10,16-18H,3-4,7-8,11H2,1-2H3. The second-order valence-electron chi connectivity index (χ2n) is 4.90. The summed E-state index contributed by atoms with van der Waals surface area (Å²) in [6.45, 7) is 4.96. The number of phenols is 1. The van der Waals surface area contributed by atoms with Gasteiger partial charge in [-0.2, -0.15) is 0 Å². The summed E-state index contributed by atoms with van der Waals surface area (Å²) in [5.74, 6) is 0.249. The van der Waals surface area contributed by atoms with Gasteiger partial charge >= 0.3 is 7.60 Å². The van der Waals surface area contributed by atoms with Gasteiger partial charge in [0.2, 0.25) is 0 Å². The van der Waals surface area contributed by atoms with Gasteiger partial charge in [-0.25, -0.2) is 0 Å². The minimum absolute atomic E-state index is 0.197. The molecule has 1 aromatic heterocycles. The summed E-state index contributed by atoms with van der Waals surface area (Å²) in [6, 6.07) is 5.24. The van der Waals surface area contributed by atoms with Crippen LogP contribution in [0.5, 0.6) is 5.75 Å². The van der Waals surface area contributed by atoms with E-state index in [9.17, 15) is 9.67 Å². The van der Waals surface area contributed by atoms with Crippen LogP contribution in [0.1, 0.15) is 19.4 Å². The van der Waals surface area contributed by atoms with Crippen LogP contribution >= 0.6 is 7.60 Å². The molecule has 0 spiro atoms. The van der Waals surface area contributed by atoms with Crippen LogP contribution in [-0.2, 0) is 20.0 Å². The maximum atomic E-state index is 12.3. The first-order valence-corrected chi connectivity index (χ1v) is 9.18. The molecule has 6 nitrogen and oxygen atoms in total. The Labute approximate surface area is 130 Å². The molecule has 0 aliphatic carbocycles. The Morgan fingerprint density at radius 2 is 2.00 bits per heavy atom. The number of aromatic nitrogens is 1. The molecule has 1 heterocycles. The lowest BCUT2D eigenvalue weighted by atomic mass is 10.1. The van der Waals surface area contributed by atoms with E-state index < -0.39 is 7.60 Å². The topological polar surface area (TPSA) is 83.6 Å². The van der Waals surface area contributed by atoms with Gasteiger partial charge in [-0.1, -0.05) is 0 Å². The van der Waals surface area contributed by atoms with E-state index in [1.54, 1.807) is 26.0 Å². The highest BCUT2D eigenvalue weighted by atomic mass is 31.2. The third kappa shape index (κ3) is 4.34. The molecule has 0 saturated carbocycles. The third-order valence-corrected chi connectivity index (χ3v) is 5.19. The molecule has 0 saturated heterocycles. The second kappa shape index (κ2) is 7.79. The number of hydrogen-bond acceptors (Lipinski definition) is 5. The summed E-state index contributed by atoms with van der Waals surface area (Å²) in [5, 5.41) is 13.7. The molecule has 0 aliphatic heterocycles. The Morgan fingerprint density at radius 3 is 2.68 bits per heavy atom.